The number of halogens is 2. The second-order valence-electron chi connectivity index (χ2n) is 7.10. The highest BCUT2D eigenvalue weighted by atomic mass is 35.5. The molecule has 2 heterocycles. The molecular formula is C22H21Cl2N3O2. The van der Waals surface area contributed by atoms with Gasteiger partial charge in [-0.2, -0.15) is 0 Å². The molecule has 0 aliphatic carbocycles. The molecule has 0 unspecified atom stereocenters. The maximum absolute atomic E-state index is 12.6. The monoisotopic (exact) mass is 429 g/mol. The van der Waals surface area contributed by atoms with E-state index in [1.54, 1.807) is 0 Å². The molecule has 1 aliphatic heterocycles. The molecule has 1 aliphatic rings. The Kier molecular flexibility index (Phi) is 5.79. The van der Waals surface area contributed by atoms with Gasteiger partial charge in [-0.25, -0.2) is 4.79 Å². The summed E-state index contributed by atoms with van der Waals surface area (Å²) in [7, 11) is 0. The zero-order valence-corrected chi connectivity index (χ0v) is 17.6. The molecule has 1 saturated heterocycles. The molecule has 5 nitrogen and oxygen atoms in total. The average molecular weight is 430 g/mol. The van der Waals surface area contributed by atoms with Crippen molar-refractivity contribution in [1.29, 1.82) is 0 Å². The minimum atomic E-state index is -0.408. The molecule has 1 fully saturated rings. The van der Waals surface area contributed by atoms with Crippen LogP contribution in [0.2, 0.25) is 10.0 Å². The molecular weight excluding hydrogens is 409 g/mol. The van der Waals surface area contributed by atoms with Gasteiger partial charge in [0.25, 0.3) is 0 Å². The van der Waals surface area contributed by atoms with Gasteiger partial charge in [0.2, 0.25) is 0 Å². The van der Waals surface area contributed by atoms with Gasteiger partial charge in [0.05, 0.1) is 5.69 Å². The minimum absolute atomic E-state index is 0.408. The molecule has 3 aromatic rings. The predicted molar refractivity (Wildman–Crippen MR) is 118 cm³/mol. The summed E-state index contributed by atoms with van der Waals surface area (Å²) in [4.78, 5) is 17.0. The van der Waals surface area contributed by atoms with Crippen LogP contribution in [0.5, 0.6) is 0 Å². The van der Waals surface area contributed by atoms with Gasteiger partial charge >= 0.3 is 5.63 Å². The van der Waals surface area contributed by atoms with E-state index >= 15 is 0 Å². The lowest BCUT2D eigenvalue weighted by molar-refractivity contribution is 0.360. The maximum Gasteiger partial charge on any atom is 0.382 e. The van der Waals surface area contributed by atoms with E-state index < -0.39 is 5.63 Å². The van der Waals surface area contributed by atoms with Gasteiger partial charge in [0, 0.05) is 53.9 Å². The van der Waals surface area contributed by atoms with Gasteiger partial charge in [-0.3, -0.25) is 0 Å². The Morgan fingerprint density at radius 3 is 2.45 bits per heavy atom. The normalized spacial score (nSPS) is 14.3. The number of nitrogens with zero attached hydrogens (tertiary/aromatic N) is 3. The summed E-state index contributed by atoms with van der Waals surface area (Å²) in [5.74, 6) is 0. The van der Waals surface area contributed by atoms with Crippen LogP contribution < -0.4 is 15.4 Å². The Bertz CT molecular complexity index is 1080. The fraction of sp³-hybridized carbons (Fsp3) is 0.273. The Morgan fingerprint density at radius 2 is 1.72 bits per heavy atom. The van der Waals surface area contributed by atoms with Gasteiger partial charge in [-0.05, 0) is 36.8 Å². The van der Waals surface area contributed by atoms with Crippen LogP contribution in [-0.4, -0.2) is 31.3 Å². The zero-order valence-electron chi connectivity index (χ0n) is 16.1. The van der Waals surface area contributed by atoms with Crippen LogP contribution in [0.15, 0.2) is 57.8 Å². The lowest BCUT2D eigenvalue weighted by atomic mass is 10.0. The smallest absolute Gasteiger partial charge is 0.368 e. The molecule has 29 heavy (non-hydrogen) atoms. The van der Waals surface area contributed by atoms with Crippen molar-refractivity contribution in [3.8, 4) is 0 Å². The Hall–Kier alpha value is -2.50. The summed E-state index contributed by atoms with van der Waals surface area (Å²) in [6.07, 6.45) is 0.536. The highest BCUT2D eigenvalue weighted by molar-refractivity contribution is 6.31. The van der Waals surface area contributed by atoms with Crippen LogP contribution in [0.1, 0.15) is 16.8 Å². The number of anilines is 2. The Morgan fingerprint density at radius 1 is 1.00 bits per heavy atom. The molecule has 2 aromatic carbocycles. The van der Waals surface area contributed by atoms with Gasteiger partial charge in [0.1, 0.15) is 5.69 Å². The van der Waals surface area contributed by atoms with Crippen molar-refractivity contribution >= 4 is 34.6 Å². The quantitative estimate of drug-likeness (QED) is 0.607. The predicted octanol–water partition coefficient (Wildman–Crippen LogP) is 4.57. The van der Waals surface area contributed by atoms with Gasteiger partial charge in [-0.1, -0.05) is 52.6 Å². The van der Waals surface area contributed by atoms with Crippen molar-refractivity contribution in [2.45, 2.75) is 13.3 Å². The van der Waals surface area contributed by atoms with Crippen molar-refractivity contribution < 1.29 is 4.52 Å². The van der Waals surface area contributed by atoms with E-state index in [4.69, 9.17) is 27.7 Å². The lowest BCUT2D eigenvalue weighted by Gasteiger charge is -2.37. The summed E-state index contributed by atoms with van der Waals surface area (Å²) in [5.41, 5.74) is 3.80. The third-order valence-corrected chi connectivity index (χ3v) is 5.88. The van der Waals surface area contributed by atoms with E-state index in [0.717, 1.165) is 34.9 Å². The number of piperazine rings is 1. The van der Waals surface area contributed by atoms with Crippen LogP contribution >= 0.6 is 23.2 Å². The standard InChI is InChI=1S/C22H21Cl2N3O2/c1-15-19(13-16-5-2-3-8-20(16)24)21(22(28)29-25-15)27-11-9-26(10-12-27)18-7-4-6-17(23)14-18/h2-8,14H,9-13H2,1H3. The van der Waals surface area contributed by atoms with Crippen molar-refractivity contribution in [3.63, 3.8) is 0 Å². The molecule has 0 N–H and O–H groups in total. The molecule has 0 amide bonds. The van der Waals surface area contributed by atoms with Gasteiger partial charge in [0.15, 0.2) is 0 Å². The van der Waals surface area contributed by atoms with Crippen molar-refractivity contribution in [2.75, 3.05) is 36.0 Å². The van der Waals surface area contributed by atoms with E-state index in [9.17, 15) is 4.79 Å². The number of aromatic nitrogens is 1. The van der Waals surface area contributed by atoms with Crippen LogP contribution in [0.3, 0.4) is 0 Å². The molecule has 0 spiro atoms. The molecule has 7 heteroatoms. The summed E-state index contributed by atoms with van der Waals surface area (Å²) < 4.78 is 5.07. The Labute approximate surface area is 179 Å². The maximum atomic E-state index is 12.6. The molecule has 0 bridgehead atoms. The Balaban J connectivity index is 1.60. The van der Waals surface area contributed by atoms with Crippen LogP contribution in [0.25, 0.3) is 0 Å². The molecule has 0 radical (unpaired) electrons. The molecule has 150 valence electrons. The summed E-state index contributed by atoms with van der Waals surface area (Å²) in [5, 5.41) is 5.35. The van der Waals surface area contributed by atoms with E-state index in [0.29, 0.717) is 35.9 Å². The van der Waals surface area contributed by atoms with E-state index in [-0.39, 0.29) is 0 Å². The van der Waals surface area contributed by atoms with E-state index in [1.165, 1.54) is 0 Å². The zero-order chi connectivity index (χ0) is 20.4. The fourth-order valence-electron chi connectivity index (χ4n) is 3.73. The first-order valence-electron chi connectivity index (χ1n) is 9.51. The number of benzene rings is 2. The highest BCUT2D eigenvalue weighted by Crippen LogP contribution is 2.27. The average Bonchev–Trinajstić information content (AvgIpc) is 2.73. The first-order valence-corrected chi connectivity index (χ1v) is 10.3. The number of hydrogen-bond donors (Lipinski definition) is 0. The molecule has 1 aromatic heterocycles. The minimum Gasteiger partial charge on any atom is -0.368 e. The van der Waals surface area contributed by atoms with Gasteiger partial charge < -0.3 is 14.3 Å². The molecule has 0 atom stereocenters. The SMILES string of the molecule is Cc1noc(=O)c(N2CCN(c3cccc(Cl)c3)CC2)c1Cc1ccccc1Cl. The van der Waals surface area contributed by atoms with Crippen molar-refractivity contribution in [2.24, 2.45) is 0 Å². The van der Waals surface area contributed by atoms with Crippen LogP contribution in [-0.2, 0) is 6.42 Å². The van der Waals surface area contributed by atoms with Crippen molar-refractivity contribution in [3.05, 3.63) is 85.8 Å². The first kappa shape index (κ1) is 19.8. The molecule has 4 rings (SSSR count). The van der Waals surface area contributed by atoms with E-state index in [2.05, 4.69) is 21.0 Å². The fourth-order valence-corrected chi connectivity index (χ4v) is 4.11. The second-order valence-corrected chi connectivity index (χ2v) is 7.95. The number of aryl methyl sites for hydroxylation is 1. The van der Waals surface area contributed by atoms with Gasteiger partial charge in [-0.15, -0.1) is 0 Å². The molecule has 0 saturated carbocycles. The lowest BCUT2D eigenvalue weighted by Crippen LogP contribution is -2.48. The third-order valence-electron chi connectivity index (χ3n) is 5.28. The first-order chi connectivity index (χ1) is 14.0. The summed E-state index contributed by atoms with van der Waals surface area (Å²) in [6, 6.07) is 15.5. The number of rotatable bonds is 4. The van der Waals surface area contributed by atoms with Crippen LogP contribution in [0.4, 0.5) is 11.4 Å². The highest BCUT2D eigenvalue weighted by Gasteiger charge is 2.25. The third kappa shape index (κ3) is 4.26. The topological polar surface area (TPSA) is 49.6 Å². The number of hydrogen-bond acceptors (Lipinski definition) is 5. The van der Waals surface area contributed by atoms with Crippen LogP contribution in [0, 0.1) is 6.92 Å². The van der Waals surface area contributed by atoms with Crippen molar-refractivity contribution in [1.82, 2.24) is 5.16 Å². The largest absolute Gasteiger partial charge is 0.382 e. The second kappa shape index (κ2) is 8.47. The summed E-state index contributed by atoms with van der Waals surface area (Å²) >= 11 is 12.5. The summed E-state index contributed by atoms with van der Waals surface area (Å²) in [6.45, 7) is 4.84. The van der Waals surface area contributed by atoms with E-state index in [1.807, 2.05) is 49.4 Å².